The molecule has 0 radical (unpaired) electrons. The molecule has 4 fully saturated rings. The van der Waals surface area contributed by atoms with Crippen molar-refractivity contribution in [3.8, 4) is 0 Å². The average molecular weight is 488 g/mol. The zero-order valence-corrected chi connectivity index (χ0v) is 19.9. The second-order valence-corrected chi connectivity index (χ2v) is 9.56. The van der Waals surface area contributed by atoms with Crippen LogP contribution in [0.15, 0.2) is 30.3 Å². The van der Waals surface area contributed by atoms with Crippen molar-refractivity contribution < 1.29 is 9.59 Å². The van der Waals surface area contributed by atoms with Crippen LogP contribution in [0.5, 0.6) is 0 Å². The SMILES string of the molecule is Cl.Cl.O=C([C@@H]1C[C@H](N2CCC3(CC2)C(=O)NCN3c2ccccc2)CN1)N1CCSC1. The van der Waals surface area contributed by atoms with E-state index in [1.165, 1.54) is 0 Å². The summed E-state index contributed by atoms with van der Waals surface area (Å²) in [5, 5.41) is 6.52. The minimum Gasteiger partial charge on any atom is -0.339 e. The number of piperidine rings is 1. The Morgan fingerprint density at radius 2 is 1.84 bits per heavy atom. The molecule has 0 saturated carbocycles. The zero-order valence-electron chi connectivity index (χ0n) is 17.5. The van der Waals surface area contributed by atoms with Crippen molar-refractivity contribution >= 4 is 54.1 Å². The molecule has 4 aliphatic heterocycles. The minimum absolute atomic E-state index is 0. The zero-order chi connectivity index (χ0) is 19.8. The Hall–Kier alpha value is -1.19. The van der Waals surface area contributed by atoms with E-state index in [2.05, 4.69) is 32.6 Å². The van der Waals surface area contributed by atoms with Gasteiger partial charge in [0.2, 0.25) is 11.8 Å². The number of benzene rings is 1. The van der Waals surface area contributed by atoms with E-state index in [1.807, 2.05) is 34.9 Å². The van der Waals surface area contributed by atoms with Crippen molar-refractivity contribution in [2.75, 3.05) is 49.4 Å². The summed E-state index contributed by atoms with van der Waals surface area (Å²) in [7, 11) is 0. The van der Waals surface area contributed by atoms with Gasteiger partial charge in [-0.15, -0.1) is 36.6 Å². The third-order valence-corrected chi connectivity index (χ3v) is 7.98. The highest BCUT2D eigenvalue weighted by molar-refractivity contribution is 7.99. The number of likely N-dealkylation sites (tertiary alicyclic amines) is 1. The molecule has 2 N–H and O–H groups in total. The van der Waals surface area contributed by atoms with Gasteiger partial charge in [-0.2, -0.15) is 0 Å². The highest BCUT2D eigenvalue weighted by Gasteiger charge is 2.51. The third kappa shape index (κ3) is 4.50. The molecule has 5 rings (SSSR count). The molecule has 10 heteroatoms. The minimum atomic E-state index is -0.439. The van der Waals surface area contributed by atoms with Gasteiger partial charge >= 0.3 is 0 Å². The smallest absolute Gasteiger partial charge is 0.247 e. The van der Waals surface area contributed by atoms with E-state index < -0.39 is 5.54 Å². The Kier molecular flexibility index (Phi) is 8.02. The molecule has 4 saturated heterocycles. The van der Waals surface area contributed by atoms with Crippen molar-refractivity contribution in [2.24, 2.45) is 0 Å². The molecule has 4 aliphatic rings. The molecule has 4 heterocycles. The van der Waals surface area contributed by atoms with Gasteiger partial charge in [-0.3, -0.25) is 14.5 Å². The molecule has 2 amide bonds. The number of amides is 2. The Morgan fingerprint density at radius 3 is 2.52 bits per heavy atom. The molecule has 172 valence electrons. The van der Waals surface area contributed by atoms with Gasteiger partial charge in [-0.25, -0.2) is 0 Å². The normalized spacial score (nSPS) is 27.7. The summed E-state index contributed by atoms with van der Waals surface area (Å²) in [5.41, 5.74) is 0.669. The maximum absolute atomic E-state index is 12.8. The van der Waals surface area contributed by atoms with Crippen LogP contribution < -0.4 is 15.5 Å². The van der Waals surface area contributed by atoms with Crippen LogP contribution in [0.2, 0.25) is 0 Å². The summed E-state index contributed by atoms with van der Waals surface area (Å²) in [6.45, 7) is 4.10. The molecule has 7 nitrogen and oxygen atoms in total. The van der Waals surface area contributed by atoms with Crippen LogP contribution in [0.4, 0.5) is 5.69 Å². The number of hydrogen-bond acceptors (Lipinski definition) is 6. The predicted molar refractivity (Wildman–Crippen MR) is 129 cm³/mol. The monoisotopic (exact) mass is 487 g/mol. The van der Waals surface area contributed by atoms with Gasteiger partial charge in [0.1, 0.15) is 5.54 Å². The first kappa shape index (κ1) is 24.5. The quantitative estimate of drug-likeness (QED) is 0.673. The lowest BCUT2D eigenvalue weighted by atomic mass is 9.85. The number of carbonyl (C=O) groups is 2. The van der Waals surface area contributed by atoms with E-state index in [0.717, 1.165) is 62.8 Å². The second kappa shape index (κ2) is 10.2. The van der Waals surface area contributed by atoms with Gasteiger partial charge in [0.15, 0.2) is 0 Å². The summed E-state index contributed by atoms with van der Waals surface area (Å²) in [6, 6.07) is 10.6. The number of nitrogens with one attached hydrogen (secondary N) is 2. The van der Waals surface area contributed by atoms with Gasteiger partial charge in [-0.05, 0) is 31.4 Å². The second-order valence-electron chi connectivity index (χ2n) is 8.48. The van der Waals surface area contributed by atoms with Crippen LogP contribution in [-0.2, 0) is 9.59 Å². The van der Waals surface area contributed by atoms with Crippen LogP contribution in [0, 0.1) is 0 Å². The molecular formula is C21H31Cl2N5O2S. The van der Waals surface area contributed by atoms with Crippen molar-refractivity contribution in [3.05, 3.63) is 30.3 Å². The van der Waals surface area contributed by atoms with Gasteiger partial charge in [0.05, 0.1) is 18.6 Å². The molecule has 0 unspecified atom stereocenters. The van der Waals surface area contributed by atoms with Crippen molar-refractivity contribution in [3.63, 3.8) is 0 Å². The number of rotatable bonds is 3. The topological polar surface area (TPSA) is 67.9 Å². The Bertz CT molecular complexity index is 772. The van der Waals surface area contributed by atoms with Crippen LogP contribution in [0.3, 0.4) is 0 Å². The molecule has 0 bridgehead atoms. The number of carbonyl (C=O) groups excluding carboxylic acids is 2. The van der Waals surface area contributed by atoms with Gasteiger partial charge in [0.25, 0.3) is 0 Å². The maximum atomic E-state index is 12.8. The van der Waals surface area contributed by atoms with E-state index in [0.29, 0.717) is 12.7 Å². The largest absolute Gasteiger partial charge is 0.339 e. The van der Waals surface area contributed by atoms with Crippen LogP contribution in [0.25, 0.3) is 0 Å². The Morgan fingerprint density at radius 1 is 1.10 bits per heavy atom. The number of halogens is 2. The van der Waals surface area contributed by atoms with Crippen LogP contribution in [0.1, 0.15) is 19.3 Å². The molecule has 1 aromatic carbocycles. The summed E-state index contributed by atoms with van der Waals surface area (Å²) < 4.78 is 0. The van der Waals surface area contributed by atoms with E-state index in [4.69, 9.17) is 0 Å². The molecule has 1 spiro atoms. The molecule has 0 aliphatic carbocycles. The average Bonchev–Trinajstić information content (AvgIpc) is 3.51. The van der Waals surface area contributed by atoms with E-state index >= 15 is 0 Å². The summed E-state index contributed by atoms with van der Waals surface area (Å²) >= 11 is 1.83. The number of thioether (sulfide) groups is 1. The van der Waals surface area contributed by atoms with Crippen molar-refractivity contribution in [1.29, 1.82) is 0 Å². The van der Waals surface area contributed by atoms with Crippen LogP contribution >= 0.6 is 36.6 Å². The number of hydrogen-bond donors (Lipinski definition) is 2. The van der Waals surface area contributed by atoms with Crippen molar-refractivity contribution in [1.82, 2.24) is 20.4 Å². The lowest BCUT2D eigenvalue weighted by Gasteiger charge is -2.44. The number of para-hydroxylation sites is 1. The number of nitrogens with zero attached hydrogens (tertiary/aromatic N) is 3. The fourth-order valence-electron chi connectivity index (χ4n) is 5.28. The highest BCUT2D eigenvalue weighted by atomic mass is 35.5. The number of anilines is 1. The lowest BCUT2D eigenvalue weighted by molar-refractivity contribution is -0.131. The predicted octanol–water partition coefficient (Wildman–Crippen LogP) is 1.52. The van der Waals surface area contributed by atoms with E-state index in [9.17, 15) is 9.59 Å². The molecule has 31 heavy (non-hydrogen) atoms. The first-order valence-electron chi connectivity index (χ1n) is 10.6. The fourth-order valence-corrected chi connectivity index (χ4v) is 6.24. The van der Waals surface area contributed by atoms with Gasteiger partial charge in [0, 0.05) is 43.7 Å². The molecule has 1 aromatic rings. The fraction of sp³-hybridized carbons (Fsp3) is 0.619. The maximum Gasteiger partial charge on any atom is 0.247 e. The first-order chi connectivity index (χ1) is 14.2. The molecular weight excluding hydrogens is 457 g/mol. The summed E-state index contributed by atoms with van der Waals surface area (Å²) in [6.07, 6.45) is 2.53. The van der Waals surface area contributed by atoms with Gasteiger partial charge < -0.3 is 20.4 Å². The van der Waals surface area contributed by atoms with E-state index in [1.54, 1.807) is 0 Å². The van der Waals surface area contributed by atoms with E-state index in [-0.39, 0.29) is 42.7 Å². The molecule has 2 atom stereocenters. The molecule has 0 aromatic heterocycles. The van der Waals surface area contributed by atoms with Crippen LogP contribution in [-0.4, -0.2) is 83.7 Å². The van der Waals surface area contributed by atoms with Crippen molar-refractivity contribution in [2.45, 2.75) is 36.9 Å². The third-order valence-electron chi connectivity index (χ3n) is 7.02. The van der Waals surface area contributed by atoms with Gasteiger partial charge in [-0.1, -0.05) is 18.2 Å². The Labute approximate surface area is 200 Å². The summed E-state index contributed by atoms with van der Waals surface area (Å²) in [4.78, 5) is 32.2. The standard InChI is InChI=1S/C21H29N5O2S.2ClH/c27-19(25-10-11-29-15-25)18-12-17(13-22-18)24-8-6-21(7-9-24)20(28)23-14-26(21)16-4-2-1-3-5-16;;/h1-5,17-18,22H,6-15H2,(H,23,28);2*1H/t17-,18-;;/m0../s1. The summed E-state index contributed by atoms with van der Waals surface area (Å²) in [5.74, 6) is 2.30. The Balaban J connectivity index is 0.00000136. The first-order valence-corrected chi connectivity index (χ1v) is 11.8. The lowest BCUT2D eigenvalue weighted by Crippen LogP contribution is -2.58. The highest BCUT2D eigenvalue weighted by Crippen LogP contribution is 2.37.